The van der Waals surface area contributed by atoms with Gasteiger partial charge in [0.05, 0.1) is 22.5 Å². The van der Waals surface area contributed by atoms with Crippen molar-refractivity contribution in [1.29, 1.82) is 0 Å². The summed E-state index contributed by atoms with van der Waals surface area (Å²) in [5, 5.41) is 9.03. The second-order valence-electron chi connectivity index (χ2n) is 9.51. The Bertz CT molecular complexity index is 1710. The number of aryl methyl sites for hydroxylation is 1. The van der Waals surface area contributed by atoms with Crippen LogP contribution in [0.1, 0.15) is 48.0 Å². The van der Waals surface area contributed by atoms with Gasteiger partial charge in [0.15, 0.2) is 5.78 Å². The predicted molar refractivity (Wildman–Crippen MR) is 152 cm³/mol. The molecule has 0 fully saturated rings. The van der Waals surface area contributed by atoms with Crippen molar-refractivity contribution in [2.75, 3.05) is 14.1 Å². The van der Waals surface area contributed by atoms with Gasteiger partial charge < -0.3 is 4.90 Å². The fourth-order valence-corrected chi connectivity index (χ4v) is 4.14. The van der Waals surface area contributed by atoms with Crippen LogP contribution in [0.15, 0.2) is 110 Å². The van der Waals surface area contributed by atoms with E-state index in [1.807, 2.05) is 67.6 Å². The van der Waals surface area contributed by atoms with Gasteiger partial charge in [-0.1, -0.05) is 66.2 Å². The highest BCUT2D eigenvalue weighted by molar-refractivity contribution is 6.21. The van der Waals surface area contributed by atoms with E-state index < -0.39 is 11.6 Å². The maximum Gasteiger partial charge on any atom is 0.217 e. The zero-order valence-electron chi connectivity index (χ0n) is 22.4. The molecule has 0 N–H and O–H groups in total. The van der Waals surface area contributed by atoms with Crippen LogP contribution in [0.5, 0.6) is 0 Å². The average molecular weight is 530 g/mol. The van der Waals surface area contributed by atoms with Crippen LogP contribution in [0.3, 0.4) is 0 Å². The lowest BCUT2D eigenvalue weighted by Gasteiger charge is -2.03. The van der Waals surface area contributed by atoms with E-state index in [1.165, 1.54) is 21.6 Å². The Hall–Kier alpha value is -5.37. The number of hydrogen-bond donors (Lipinski definition) is 0. The van der Waals surface area contributed by atoms with Crippen molar-refractivity contribution in [3.63, 3.8) is 0 Å². The summed E-state index contributed by atoms with van der Waals surface area (Å²) >= 11 is 0. The van der Waals surface area contributed by atoms with E-state index in [0.717, 1.165) is 5.56 Å². The number of ketones is 3. The van der Waals surface area contributed by atoms with E-state index in [0.29, 0.717) is 16.9 Å². The third-order valence-electron chi connectivity index (χ3n) is 6.25. The van der Waals surface area contributed by atoms with E-state index in [1.54, 1.807) is 55.7 Å². The highest BCUT2D eigenvalue weighted by atomic mass is 16.1. The first-order valence-corrected chi connectivity index (χ1v) is 12.7. The number of para-hydroxylation sites is 1. The summed E-state index contributed by atoms with van der Waals surface area (Å²) in [5.41, 5.74) is 2.94. The summed E-state index contributed by atoms with van der Waals surface area (Å²) in [4.78, 5) is 42.7. The SMILES string of the molecule is Cc1ccc(-n2cc(C(=O)c3ccccc3)c(C(=O)c3cn(-c4ccccc4)nc3C(=O)/C=C/N(C)C)n2)cc1. The monoisotopic (exact) mass is 529 g/mol. The molecule has 8 nitrogen and oxygen atoms in total. The molecule has 0 aliphatic rings. The topological polar surface area (TPSA) is 90.1 Å². The van der Waals surface area contributed by atoms with Gasteiger partial charge in [-0.15, -0.1) is 0 Å². The lowest BCUT2D eigenvalue weighted by atomic mass is 9.99. The lowest BCUT2D eigenvalue weighted by Crippen LogP contribution is -2.13. The molecule has 8 heteroatoms. The normalized spacial score (nSPS) is 11.1. The molecule has 3 aromatic carbocycles. The first-order chi connectivity index (χ1) is 19.3. The standard InChI is InChI=1S/C32H27N5O3/c1-22-14-16-25(17-15-22)37-21-27(31(39)23-10-6-4-7-11-23)30(34-37)32(40)26-20-36(24-12-8-5-9-13-24)33-29(26)28(38)18-19-35(2)3/h4-21H,1-3H3/b19-18+. The van der Waals surface area contributed by atoms with Gasteiger partial charge in [-0.3, -0.25) is 14.4 Å². The van der Waals surface area contributed by atoms with Crippen molar-refractivity contribution in [2.45, 2.75) is 6.92 Å². The van der Waals surface area contributed by atoms with Crippen LogP contribution in [-0.4, -0.2) is 55.9 Å². The number of nitrogens with zero attached hydrogens (tertiary/aromatic N) is 5. The van der Waals surface area contributed by atoms with E-state index in [2.05, 4.69) is 10.2 Å². The maximum absolute atomic E-state index is 14.1. The summed E-state index contributed by atoms with van der Waals surface area (Å²) in [5.74, 6) is -1.37. The van der Waals surface area contributed by atoms with Crippen molar-refractivity contribution in [3.8, 4) is 11.4 Å². The van der Waals surface area contributed by atoms with Gasteiger partial charge in [-0.05, 0) is 31.2 Å². The smallest absolute Gasteiger partial charge is 0.217 e. The Morgan fingerprint density at radius 2 is 1.20 bits per heavy atom. The molecule has 0 aliphatic carbocycles. The Morgan fingerprint density at radius 3 is 1.80 bits per heavy atom. The first-order valence-electron chi connectivity index (χ1n) is 12.7. The molecular formula is C32H27N5O3. The molecule has 0 amide bonds. The van der Waals surface area contributed by atoms with Gasteiger partial charge in [0.25, 0.3) is 0 Å². The summed E-state index contributed by atoms with van der Waals surface area (Å²) in [6, 6.07) is 25.5. The lowest BCUT2D eigenvalue weighted by molar-refractivity contribution is 0.0992. The van der Waals surface area contributed by atoms with E-state index in [9.17, 15) is 14.4 Å². The number of carbonyl (C=O) groups is 3. The molecule has 2 heterocycles. The van der Waals surface area contributed by atoms with Crippen LogP contribution in [0.25, 0.3) is 11.4 Å². The Balaban J connectivity index is 1.66. The van der Waals surface area contributed by atoms with Crippen LogP contribution in [0.2, 0.25) is 0 Å². The molecular weight excluding hydrogens is 502 g/mol. The van der Waals surface area contributed by atoms with E-state index >= 15 is 0 Å². The van der Waals surface area contributed by atoms with E-state index in [4.69, 9.17) is 0 Å². The average Bonchev–Trinajstić information content (AvgIpc) is 3.62. The fraction of sp³-hybridized carbons (Fsp3) is 0.0938. The van der Waals surface area contributed by atoms with Crippen LogP contribution in [0, 0.1) is 6.92 Å². The molecule has 0 spiro atoms. The van der Waals surface area contributed by atoms with E-state index in [-0.39, 0.29) is 28.3 Å². The van der Waals surface area contributed by atoms with Crippen molar-refractivity contribution < 1.29 is 14.4 Å². The molecule has 5 aromatic rings. The number of carbonyl (C=O) groups excluding carboxylic acids is 3. The third kappa shape index (κ3) is 5.42. The molecule has 0 unspecified atom stereocenters. The molecule has 0 atom stereocenters. The Morgan fingerprint density at radius 1 is 0.675 bits per heavy atom. The molecule has 0 saturated heterocycles. The van der Waals surface area contributed by atoms with Gasteiger partial charge in [-0.25, -0.2) is 9.36 Å². The van der Waals surface area contributed by atoms with Crippen LogP contribution in [0.4, 0.5) is 0 Å². The fourth-order valence-electron chi connectivity index (χ4n) is 4.14. The third-order valence-corrected chi connectivity index (χ3v) is 6.25. The minimum absolute atomic E-state index is 0.0325. The molecule has 198 valence electrons. The second kappa shape index (κ2) is 11.2. The van der Waals surface area contributed by atoms with Gasteiger partial charge in [-0.2, -0.15) is 10.2 Å². The molecule has 2 aromatic heterocycles. The van der Waals surface area contributed by atoms with Crippen LogP contribution >= 0.6 is 0 Å². The minimum Gasteiger partial charge on any atom is -0.383 e. The number of benzene rings is 3. The van der Waals surface area contributed by atoms with Crippen molar-refractivity contribution in [3.05, 3.63) is 143 Å². The summed E-state index contributed by atoms with van der Waals surface area (Å²) in [6.45, 7) is 1.97. The van der Waals surface area contributed by atoms with Crippen LogP contribution in [-0.2, 0) is 0 Å². The summed E-state index contributed by atoms with van der Waals surface area (Å²) in [6.07, 6.45) is 6.02. The molecule has 0 radical (unpaired) electrons. The molecule has 0 saturated carbocycles. The number of hydrogen-bond acceptors (Lipinski definition) is 6. The zero-order chi connectivity index (χ0) is 28.2. The number of rotatable bonds is 9. The van der Waals surface area contributed by atoms with Gasteiger partial charge in [0.2, 0.25) is 11.6 Å². The maximum atomic E-state index is 14.1. The molecule has 0 bridgehead atoms. The van der Waals surface area contributed by atoms with Gasteiger partial charge in [0.1, 0.15) is 11.4 Å². The van der Waals surface area contributed by atoms with Crippen molar-refractivity contribution >= 4 is 17.3 Å². The highest BCUT2D eigenvalue weighted by Gasteiger charge is 2.29. The summed E-state index contributed by atoms with van der Waals surface area (Å²) < 4.78 is 3.00. The molecule has 40 heavy (non-hydrogen) atoms. The quantitative estimate of drug-likeness (QED) is 0.195. The summed E-state index contributed by atoms with van der Waals surface area (Å²) in [7, 11) is 3.58. The molecule has 5 rings (SSSR count). The Kier molecular flexibility index (Phi) is 7.33. The zero-order valence-corrected chi connectivity index (χ0v) is 22.4. The first kappa shape index (κ1) is 26.2. The largest absolute Gasteiger partial charge is 0.383 e. The van der Waals surface area contributed by atoms with Crippen molar-refractivity contribution in [1.82, 2.24) is 24.5 Å². The number of aromatic nitrogens is 4. The number of allylic oxidation sites excluding steroid dienone is 1. The predicted octanol–water partition coefficient (Wildman–Crippen LogP) is 5.09. The van der Waals surface area contributed by atoms with Crippen molar-refractivity contribution in [2.24, 2.45) is 0 Å². The van der Waals surface area contributed by atoms with Crippen LogP contribution < -0.4 is 0 Å². The minimum atomic E-state index is -0.575. The Labute approximate surface area is 231 Å². The highest BCUT2D eigenvalue weighted by Crippen LogP contribution is 2.23. The second-order valence-corrected chi connectivity index (χ2v) is 9.51. The van der Waals surface area contributed by atoms with Gasteiger partial charge in [0, 0.05) is 44.3 Å². The van der Waals surface area contributed by atoms with Gasteiger partial charge >= 0.3 is 0 Å². The molecule has 0 aliphatic heterocycles.